The third-order valence-electron chi connectivity index (χ3n) is 3.13. The second kappa shape index (κ2) is 7.06. The SMILES string of the molecule is CCCNS(=O)(=O)c1ccccc1NC(C)c1ccsc1. The summed E-state index contributed by atoms with van der Waals surface area (Å²) in [7, 11) is -3.48. The summed E-state index contributed by atoms with van der Waals surface area (Å²) in [5.41, 5.74) is 1.77. The van der Waals surface area contributed by atoms with E-state index in [9.17, 15) is 8.42 Å². The van der Waals surface area contributed by atoms with Crippen LogP contribution in [0.3, 0.4) is 0 Å². The lowest BCUT2D eigenvalue weighted by Crippen LogP contribution is -2.25. The van der Waals surface area contributed by atoms with Crippen molar-refractivity contribution in [2.45, 2.75) is 31.2 Å². The summed E-state index contributed by atoms with van der Waals surface area (Å²) < 4.78 is 27.3. The van der Waals surface area contributed by atoms with E-state index in [0.717, 1.165) is 12.0 Å². The first-order valence-corrected chi connectivity index (χ1v) is 9.34. The van der Waals surface area contributed by atoms with Gasteiger partial charge in [0.05, 0.1) is 5.69 Å². The van der Waals surface area contributed by atoms with Crippen LogP contribution in [0.4, 0.5) is 5.69 Å². The van der Waals surface area contributed by atoms with Gasteiger partial charge in [0.2, 0.25) is 10.0 Å². The number of thiophene rings is 1. The minimum absolute atomic E-state index is 0.0544. The van der Waals surface area contributed by atoms with Gasteiger partial charge in [0.15, 0.2) is 0 Å². The molecule has 0 fully saturated rings. The lowest BCUT2D eigenvalue weighted by molar-refractivity contribution is 0.581. The van der Waals surface area contributed by atoms with Crippen LogP contribution in [-0.4, -0.2) is 15.0 Å². The largest absolute Gasteiger partial charge is 0.377 e. The fourth-order valence-corrected chi connectivity index (χ4v) is 4.03. The monoisotopic (exact) mass is 324 g/mol. The van der Waals surface area contributed by atoms with Gasteiger partial charge < -0.3 is 5.32 Å². The fraction of sp³-hybridized carbons (Fsp3) is 0.333. The Kier molecular flexibility index (Phi) is 5.39. The molecule has 1 atom stereocenters. The zero-order valence-corrected chi connectivity index (χ0v) is 13.8. The van der Waals surface area contributed by atoms with Crippen LogP contribution in [0, 0.1) is 0 Å². The molecule has 1 aromatic heterocycles. The van der Waals surface area contributed by atoms with Gasteiger partial charge in [-0.15, -0.1) is 0 Å². The average molecular weight is 324 g/mol. The van der Waals surface area contributed by atoms with Crippen molar-refractivity contribution in [2.24, 2.45) is 0 Å². The number of para-hydroxylation sites is 1. The van der Waals surface area contributed by atoms with E-state index in [1.165, 1.54) is 0 Å². The van der Waals surface area contributed by atoms with E-state index < -0.39 is 10.0 Å². The Morgan fingerprint density at radius 1 is 1.24 bits per heavy atom. The number of hydrogen-bond donors (Lipinski definition) is 2. The summed E-state index contributed by atoms with van der Waals surface area (Å²) in [6.45, 7) is 4.40. The topological polar surface area (TPSA) is 58.2 Å². The van der Waals surface area contributed by atoms with Crippen LogP contribution >= 0.6 is 11.3 Å². The third-order valence-corrected chi connectivity index (χ3v) is 5.35. The Hall–Kier alpha value is -1.37. The molecule has 0 radical (unpaired) electrons. The normalized spacial score (nSPS) is 13.0. The van der Waals surface area contributed by atoms with Gasteiger partial charge >= 0.3 is 0 Å². The van der Waals surface area contributed by atoms with Crippen LogP contribution in [-0.2, 0) is 10.0 Å². The van der Waals surface area contributed by atoms with Crippen LogP contribution in [0.2, 0.25) is 0 Å². The van der Waals surface area contributed by atoms with Gasteiger partial charge in [0, 0.05) is 12.6 Å². The van der Waals surface area contributed by atoms with Crippen molar-refractivity contribution < 1.29 is 8.42 Å². The first kappa shape index (κ1) is 16.0. The summed E-state index contributed by atoms with van der Waals surface area (Å²) in [6.07, 6.45) is 0.764. The predicted molar refractivity (Wildman–Crippen MR) is 88.3 cm³/mol. The smallest absolute Gasteiger partial charge is 0.242 e. The van der Waals surface area contributed by atoms with E-state index in [4.69, 9.17) is 0 Å². The van der Waals surface area contributed by atoms with Gasteiger partial charge in [-0.1, -0.05) is 19.1 Å². The van der Waals surface area contributed by atoms with Crippen LogP contribution < -0.4 is 10.0 Å². The maximum absolute atomic E-state index is 12.3. The Morgan fingerprint density at radius 3 is 2.67 bits per heavy atom. The Labute approximate surface area is 130 Å². The molecule has 0 spiro atoms. The first-order chi connectivity index (χ1) is 10.0. The molecular weight excluding hydrogens is 304 g/mol. The van der Waals surface area contributed by atoms with Gasteiger partial charge in [-0.2, -0.15) is 11.3 Å². The second-order valence-electron chi connectivity index (χ2n) is 4.82. The Morgan fingerprint density at radius 2 is 2.00 bits per heavy atom. The van der Waals surface area contributed by atoms with Crippen molar-refractivity contribution in [2.75, 3.05) is 11.9 Å². The van der Waals surface area contributed by atoms with Crippen LogP contribution in [0.1, 0.15) is 31.9 Å². The second-order valence-corrected chi connectivity index (χ2v) is 7.33. The number of benzene rings is 1. The van der Waals surface area contributed by atoms with Gasteiger partial charge in [-0.3, -0.25) is 0 Å². The molecule has 2 rings (SSSR count). The molecular formula is C15H20N2O2S2. The lowest BCUT2D eigenvalue weighted by atomic mass is 10.1. The summed E-state index contributed by atoms with van der Waals surface area (Å²) in [6, 6.07) is 9.08. The van der Waals surface area contributed by atoms with E-state index in [1.54, 1.807) is 29.5 Å². The van der Waals surface area contributed by atoms with Crippen molar-refractivity contribution in [1.29, 1.82) is 0 Å². The number of rotatable bonds is 7. The third kappa shape index (κ3) is 4.06. The zero-order valence-electron chi connectivity index (χ0n) is 12.2. The van der Waals surface area contributed by atoms with Gasteiger partial charge in [-0.25, -0.2) is 13.1 Å². The number of sulfonamides is 1. The average Bonchev–Trinajstić information content (AvgIpc) is 3.00. The van der Waals surface area contributed by atoms with Gasteiger partial charge in [0.25, 0.3) is 0 Å². The maximum Gasteiger partial charge on any atom is 0.242 e. The molecule has 21 heavy (non-hydrogen) atoms. The molecule has 1 aromatic carbocycles. The molecule has 0 aliphatic heterocycles. The van der Waals surface area contributed by atoms with Crippen LogP contribution in [0.5, 0.6) is 0 Å². The van der Waals surface area contributed by atoms with E-state index in [1.807, 2.05) is 31.4 Å². The quantitative estimate of drug-likeness (QED) is 0.818. The molecule has 4 nitrogen and oxygen atoms in total. The predicted octanol–water partition coefficient (Wildman–Crippen LogP) is 3.61. The summed E-state index contributed by atoms with van der Waals surface area (Å²) in [5.74, 6) is 0. The number of nitrogens with one attached hydrogen (secondary N) is 2. The minimum atomic E-state index is -3.48. The number of anilines is 1. The highest BCUT2D eigenvalue weighted by atomic mass is 32.2. The zero-order chi connectivity index (χ0) is 15.3. The van der Waals surface area contributed by atoms with E-state index in [-0.39, 0.29) is 6.04 Å². The summed E-state index contributed by atoms with van der Waals surface area (Å²) in [5, 5.41) is 7.36. The highest BCUT2D eigenvalue weighted by Crippen LogP contribution is 2.26. The van der Waals surface area contributed by atoms with Crippen molar-refractivity contribution in [3.63, 3.8) is 0 Å². The van der Waals surface area contributed by atoms with E-state index in [2.05, 4.69) is 15.4 Å². The maximum atomic E-state index is 12.3. The standard InChI is InChI=1S/C15H20N2O2S2/c1-3-9-16-21(18,19)15-7-5-4-6-14(15)17-12(2)13-8-10-20-11-13/h4-8,10-12,16-17H,3,9H2,1-2H3. The van der Waals surface area contributed by atoms with Gasteiger partial charge in [-0.05, 0) is 47.9 Å². The molecule has 1 heterocycles. The molecule has 6 heteroatoms. The van der Waals surface area contributed by atoms with E-state index >= 15 is 0 Å². The molecule has 2 N–H and O–H groups in total. The molecule has 1 unspecified atom stereocenters. The highest BCUT2D eigenvalue weighted by molar-refractivity contribution is 7.89. The molecule has 0 amide bonds. The van der Waals surface area contributed by atoms with E-state index in [0.29, 0.717) is 17.1 Å². The molecule has 2 aromatic rings. The Bertz CT molecular complexity index is 667. The van der Waals surface area contributed by atoms with Crippen molar-refractivity contribution >= 4 is 27.0 Å². The lowest BCUT2D eigenvalue weighted by Gasteiger charge is -2.17. The van der Waals surface area contributed by atoms with Crippen molar-refractivity contribution in [3.05, 3.63) is 46.7 Å². The molecule has 0 bridgehead atoms. The highest BCUT2D eigenvalue weighted by Gasteiger charge is 2.18. The first-order valence-electron chi connectivity index (χ1n) is 6.92. The Balaban J connectivity index is 2.25. The van der Waals surface area contributed by atoms with Crippen LogP contribution in [0.25, 0.3) is 0 Å². The molecule has 0 saturated heterocycles. The molecule has 114 valence electrons. The molecule has 0 saturated carbocycles. The summed E-state index contributed by atoms with van der Waals surface area (Å²) in [4.78, 5) is 0.292. The van der Waals surface area contributed by atoms with Crippen molar-refractivity contribution in [3.8, 4) is 0 Å². The minimum Gasteiger partial charge on any atom is -0.377 e. The molecule has 0 aliphatic rings. The summed E-state index contributed by atoms with van der Waals surface area (Å²) >= 11 is 1.63. The van der Waals surface area contributed by atoms with Crippen LogP contribution in [0.15, 0.2) is 46.0 Å². The van der Waals surface area contributed by atoms with Gasteiger partial charge in [0.1, 0.15) is 4.90 Å². The van der Waals surface area contributed by atoms with Crippen molar-refractivity contribution in [1.82, 2.24) is 4.72 Å². The number of hydrogen-bond acceptors (Lipinski definition) is 4. The fourth-order valence-electron chi connectivity index (χ4n) is 1.97. The molecule has 0 aliphatic carbocycles.